The molecule has 31 heteroatoms. The number of rotatable bonds is 10. The van der Waals surface area contributed by atoms with Crippen LogP contribution in [0.1, 0.15) is 200 Å². The minimum atomic E-state index is -4.27. The van der Waals surface area contributed by atoms with Crippen molar-refractivity contribution < 1.29 is 22.8 Å². The van der Waals surface area contributed by atoms with Crippen molar-refractivity contribution in [2.75, 3.05) is 254 Å². The molecular formula is C108H173F3N26O2. The van der Waals surface area contributed by atoms with Crippen molar-refractivity contribution in [2.45, 2.75) is 236 Å². The van der Waals surface area contributed by atoms with Crippen molar-refractivity contribution in [1.29, 1.82) is 0 Å². The second kappa shape index (κ2) is 52.2. The van der Waals surface area contributed by atoms with Crippen LogP contribution in [0.2, 0.25) is 0 Å². The first-order valence-corrected chi connectivity index (χ1v) is 50.9. The number of piperazine rings is 8. The van der Waals surface area contributed by atoms with Crippen molar-refractivity contribution in [2.24, 2.45) is 0 Å². The van der Waals surface area contributed by atoms with Gasteiger partial charge in [0.05, 0.1) is 24.5 Å². The Labute approximate surface area is 834 Å². The van der Waals surface area contributed by atoms with E-state index in [0.29, 0.717) is 35.0 Å². The lowest BCUT2D eigenvalue weighted by atomic mass is 10.0. The smallest absolute Gasteiger partial charge is 0.369 e. The van der Waals surface area contributed by atoms with Gasteiger partial charge in [-0.05, 0) is 245 Å². The maximum absolute atomic E-state index is 12.7. The number of alkyl halides is 3. The highest BCUT2D eigenvalue weighted by Crippen LogP contribution is 2.34. The van der Waals surface area contributed by atoms with Gasteiger partial charge in [-0.2, -0.15) is 13.2 Å². The number of aromatic nitrogens is 8. The van der Waals surface area contributed by atoms with E-state index in [4.69, 9.17) is 6.57 Å². The molecule has 9 aliphatic rings. The molecule has 2 amide bonds. The molecule has 16 rings (SSSR count). The molecule has 0 unspecified atom stereocenters. The first-order valence-electron chi connectivity index (χ1n) is 50.9. The molecule has 0 bridgehead atoms. The molecule has 9 fully saturated rings. The highest BCUT2D eigenvalue weighted by Gasteiger charge is 2.37. The molecule has 0 saturated carbocycles. The molecule has 0 atom stereocenters. The Morgan fingerprint density at radius 1 is 0.324 bits per heavy atom. The summed E-state index contributed by atoms with van der Waals surface area (Å²) in [6.07, 6.45) is 17.3. The minimum absolute atomic E-state index is 0.111. The van der Waals surface area contributed by atoms with Gasteiger partial charge in [-0.25, -0.2) is 19.9 Å². The molecule has 0 aliphatic carbocycles. The number of likely N-dealkylation sites (tertiary alicyclic amines) is 1. The molecule has 7 aromatic rings. The van der Waals surface area contributed by atoms with E-state index in [1.807, 2.05) is 39.4 Å². The van der Waals surface area contributed by atoms with Crippen LogP contribution >= 0.6 is 0 Å². The molecule has 14 heterocycles. The summed E-state index contributed by atoms with van der Waals surface area (Å²) in [5, 5.41) is 0. The van der Waals surface area contributed by atoms with Crippen LogP contribution in [0.15, 0.2) is 153 Å². The van der Waals surface area contributed by atoms with Gasteiger partial charge in [0.15, 0.2) is 5.82 Å². The highest BCUT2D eigenvalue weighted by molar-refractivity contribution is 5.94. The third kappa shape index (κ3) is 37.6. The maximum Gasteiger partial charge on any atom is 0.416 e. The fourth-order valence-electron chi connectivity index (χ4n) is 18.5. The van der Waals surface area contributed by atoms with Gasteiger partial charge >= 0.3 is 12.0 Å². The van der Waals surface area contributed by atoms with Crippen LogP contribution in [0.25, 0.3) is 4.85 Å². The normalized spacial score (nSPS) is 19.2. The second-order valence-electron chi connectivity index (χ2n) is 45.5. The molecule has 5 aromatic heterocycles. The van der Waals surface area contributed by atoms with E-state index < -0.39 is 11.7 Å². The van der Waals surface area contributed by atoms with Crippen LogP contribution in [-0.4, -0.2) is 384 Å². The lowest BCUT2D eigenvalue weighted by Gasteiger charge is -2.43. The standard InChI is InChI=1S/C15H21F3N2.C14H21N3O.C14H27N3O.C14H23N3.C14H22N2.C13H19N5.2C12H20N4/c1-14(2,3)20-9-7-19(8-10-20)13-6-4-5-12(11-13)15(16,17)18;1-14(2,3)17-10-8-16(9-11-17)13(18)12-4-6-15-7-5-12;1-14(2,3)17-10-8-15(9-11-17)12-13(18)16-6-4-5-7-16;1-14(2,3)17-10-8-16(9-11-17)12-13-4-6-15-7-5-13;1-14(2,3)16-11-9-15(10-12-16)13-7-5-4-6-8-13;1-13(2,3)18-9-7-17(8-10-18)12-11(14-4)15-5-6-16-12;1-12(2,3)16-8-6-15(7-9-16)11-10-13-4-5-14-11;1-12(2,3)16-9-7-15(8-10-16)11-13-5-4-6-14-11/h4-6,11H,7-10H2,1-3H3;4-7H,8-11H2,1-3H3;4-12H2,1-3H3;4-7H,8-12H2,1-3H3;4-8H,9-12H2,1-3H3;5-6H,7-10H2,1-3H3;4-5,10H,6-9H2,1-3H3;4-6H,7-10H2,1-3H3. The van der Waals surface area contributed by atoms with Crippen LogP contribution in [0, 0.1) is 6.57 Å². The third-order valence-corrected chi connectivity index (χ3v) is 27.6. The Hall–Kier alpha value is -9.20. The van der Waals surface area contributed by atoms with Crippen LogP contribution in [0.4, 0.5) is 47.9 Å². The summed E-state index contributed by atoms with van der Waals surface area (Å²) in [7, 11) is 0. The fourth-order valence-corrected chi connectivity index (χ4v) is 18.5. The minimum Gasteiger partial charge on any atom is -0.369 e. The van der Waals surface area contributed by atoms with Gasteiger partial charge in [0, 0.05) is 340 Å². The quantitative estimate of drug-likeness (QED) is 0.117. The largest absolute Gasteiger partial charge is 0.416 e. The zero-order valence-corrected chi connectivity index (χ0v) is 89.4. The fraction of sp³-hybridized carbons (Fsp3) is 0.657. The number of nitrogens with zero attached hydrogens (tertiary/aromatic N) is 26. The van der Waals surface area contributed by atoms with Crippen LogP contribution in [-0.2, 0) is 17.5 Å². The Morgan fingerprint density at radius 3 is 1.10 bits per heavy atom. The van der Waals surface area contributed by atoms with Gasteiger partial charge in [-0.1, -0.05) is 30.8 Å². The summed E-state index contributed by atoms with van der Waals surface area (Å²) in [5.41, 5.74) is 5.45. The summed E-state index contributed by atoms with van der Waals surface area (Å²) < 4.78 is 38.2. The Kier molecular flexibility index (Phi) is 42.6. The first kappa shape index (κ1) is 113. The number of amides is 2. The molecule has 0 spiro atoms. The van der Waals surface area contributed by atoms with E-state index in [0.717, 1.165) is 219 Å². The van der Waals surface area contributed by atoms with Crippen molar-refractivity contribution in [3.8, 4) is 0 Å². The predicted octanol–water partition coefficient (Wildman–Crippen LogP) is 15.6. The average molecular weight is 1920 g/mol. The van der Waals surface area contributed by atoms with E-state index in [2.05, 4.69) is 322 Å². The lowest BCUT2D eigenvalue weighted by Crippen LogP contribution is -2.54. The summed E-state index contributed by atoms with van der Waals surface area (Å²) in [6.45, 7) is 97.3. The van der Waals surface area contributed by atoms with E-state index in [-0.39, 0.29) is 39.1 Å². The molecule has 9 aliphatic heterocycles. The topological polar surface area (TPSA) is 197 Å². The van der Waals surface area contributed by atoms with Crippen LogP contribution < -0.4 is 24.5 Å². The van der Waals surface area contributed by atoms with E-state index >= 15 is 0 Å². The Balaban J connectivity index is 0.000000178. The Morgan fingerprint density at radius 2 is 0.691 bits per heavy atom. The molecule has 0 N–H and O–H groups in total. The maximum atomic E-state index is 12.7. The predicted molar refractivity (Wildman–Crippen MR) is 564 cm³/mol. The highest BCUT2D eigenvalue weighted by atomic mass is 19.4. The second-order valence-corrected chi connectivity index (χ2v) is 45.5. The number of hydrogen-bond donors (Lipinski definition) is 0. The van der Waals surface area contributed by atoms with Gasteiger partial charge in [-0.3, -0.25) is 73.5 Å². The number of anilines is 5. The van der Waals surface area contributed by atoms with Gasteiger partial charge < -0.3 is 39.1 Å². The molecule has 2 aromatic carbocycles. The number of carbonyl (C=O) groups is 2. The van der Waals surface area contributed by atoms with Crippen LogP contribution in [0.3, 0.4) is 0 Å². The zero-order chi connectivity index (χ0) is 102. The Bertz CT molecular complexity index is 4520. The molecule has 139 heavy (non-hydrogen) atoms. The van der Waals surface area contributed by atoms with E-state index in [1.54, 1.807) is 67.8 Å². The van der Waals surface area contributed by atoms with Crippen LogP contribution in [0.5, 0.6) is 0 Å². The number of carbonyl (C=O) groups excluding carboxylic acids is 2. The van der Waals surface area contributed by atoms with E-state index in [9.17, 15) is 22.8 Å². The lowest BCUT2D eigenvalue weighted by molar-refractivity contribution is -0.137. The SMILES string of the molecule is CC(C)(C)N1CCN(C(=O)c2ccncc2)CC1.CC(C)(C)N1CCN(CC(=O)N2CCCC2)CC1.CC(C)(C)N1CCN(Cc2ccncc2)CC1.CC(C)(C)N1CCN(c2cccc(C(F)(F)F)c2)CC1.CC(C)(C)N1CCN(c2ccccc2)CC1.CC(C)(C)N1CCN(c2cnccn2)CC1.CC(C)(C)N1CCN(c2ncccn2)CC1.[C-]#[N+]c1nccnc1N1CCN(C(C)(C)C)CC1. The summed E-state index contributed by atoms with van der Waals surface area (Å²) >= 11 is 0. The zero-order valence-electron chi connectivity index (χ0n) is 89.4. The number of para-hydroxylation sites is 1. The summed E-state index contributed by atoms with van der Waals surface area (Å²) in [6, 6.07) is 25.9. The third-order valence-electron chi connectivity index (χ3n) is 27.6. The van der Waals surface area contributed by atoms with Crippen molar-refractivity contribution in [3.05, 3.63) is 181 Å². The number of benzene rings is 2. The monoisotopic (exact) mass is 1920 g/mol. The molecule has 9 saturated heterocycles. The van der Waals surface area contributed by atoms with Gasteiger partial charge in [0.1, 0.15) is 12.0 Å². The first-order chi connectivity index (χ1) is 65.4. The summed E-state index contributed by atoms with van der Waals surface area (Å²) in [4.78, 5) is 101. The van der Waals surface area contributed by atoms with Gasteiger partial charge in [0.25, 0.3) is 5.91 Å². The molecule has 28 nitrogen and oxygen atoms in total. The molecule has 0 radical (unpaired) electrons. The molecular weight excluding hydrogens is 1750 g/mol. The van der Waals surface area contributed by atoms with Gasteiger partial charge in [0.2, 0.25) is 11.9 Å². The summed E-state index contributed by atoms with van der Waals surface area (Å²) in [5.74, 6) is 3.43. The van der Waals surface area contributed by atoms with Crippen molar-refractivity contribution in [3.63, 3.8) is 0 Å². The van der Waals surface area contributed by atoms with Crippen molar-refractivity contribution >= 4 is 46.6 Å². The average Bonchev–Trinajstić information content (AvgIpc) is 1.47. The van der Waals surface area contributed by atoms with Gasteiger partial charge in [-0.15, -0.1) is 4.98 Å². The number of halogens is 3. The number of pyridine rings is 2. The number of hydrogen-bond acceptors (Lipinski definition) is 25. The van der Waals surface area contributed by atoms with Crippen molar-refractivity contribution in [1.82, 2.24) is 98.7 Å². The molecule has 768 valence electrons. The van der Waals surface area contributed by atoms with E-state index in [1.165, 1.54) is 75.5 Å².